The van der Waals surface area contributed by atoms with Gasteiger partial charge in [-0.2, -0.15) is 0 Å². The van der Waals surface area contributed by atoms with E-state index in [0.717, 1.165) is 11.5 Å². The largest absolute Gasteiger partial charge is 0.386 e. The van der Waals surface area contributed by atoms with E-state index in [1.54, 1.807) is 26.2 Å². The fourth-order valence-corrected chi connectivity index (χ4v) is 3.08. The fourth-order valence-electron chi connectivity index (χ4n) is 3.08. The van der Waals surface area contributed by atoms with E-state index < -0.39 is 5.60 Å². The third kappa shape index (κ3) is 3.90. The number of nitrogens with zero attached hydrogens (tertiary/aromatic N) is 6. The molecule has 0 spiro atoms. The highest BCUT2D eigenvalue weighted by Crippen LogP contribution is 2.26. The van der Waals surface area contributed by atoms with Gasteiger partial charge in [-0.25, -0.2) is 19.9 Å². The van der Waals surface area contributed by atoms with Crippen LogP contribution in [0.1, 0.15) is 28.4 Å². The monoisotopic (exact) mass is 342 g/mol. The minimum atomic E-state index is -0.981. The average Bonchev–Trinajstić information content (AvgIpc) is 2.96. The number of hydrogen-bond acceptors (Lipinski definition) is 7. The highest BCUT2D eigenvalue weighted by Gasteiger charge is 2.38. The maximum atomic E-state index is 12.5. The van der Waals surface area contributed by atoms with Gasteiger partial charge in [-0.1, -0.05) is 0 Å². The van der Waals surface area contributed by atoms with Gasteiger partial charge in [0.1, 0.15) is 29.3 Å². The molecule has 3 rings (SSSR count). The molecular formula is C17H22N6O2. The zero-order chi connectivity index (χ0) is 18.0. The molecule has 1 unspecified atom stereocenters. The van der Waals surface area contributed by atoms with Gasteiger partial charge in [0.15, 0.2) is 0 Å². The first-order chi connectivity index (χ1) is 11.9. The summed E-state index contributed by atoms with van der Waals surface area (Å²) < 4.78 is 0. The van der Waals surface area contributed by atoms with Crippen LogP contribution in [0.25, 0.3) is 0 Å². The molecule has 0 aromatic carbocycles. The molecule has 25 heavy (non-hydrogen) atoms. The summed E-state index contributed by atoms with van der Waals surface area (Å²) in [5.41, 5.74) is 0.234. The van der Waals surface area contributed by atoms with E-state index in [4.69, 9.17) is 0 Å². The lowest BCUT2D eigenvalue weighted by Crippen LogP contribution is -2.46. The Morgan fingerprint density at radius 2 is 2.16 bits per heavy atom. The summed E-state index contributed by atoms with van der Waals surface area (Å²) in [6.45, 7) is 4.98. The van der Waals surface area contributed by atoms with Crippen LogP contribution in [-0.4, -0.2) is 68.1 Å². The van der Waals surface area contributed by atoms with E-state index in [9.17, 15) is 9.90 Å². The Labute approximate surface area is 146 Å². The minimum Gasteiger partial charge on any atom is -0.386 e. The Morgan fingerprint density at radius 3 is 2.88 bits per heavy atom. The predicted molar refractivity (Wildman–Crippen MR) is 92.3 cm³/mol. The number of aromatic nitrogens is 4. The summed E-state index contributed by atoms with van der Waals surface area (Å²) in [6, 6.07) is 3.48. The van der Waals surface area contributed by atoms with Crippen molar-refractivity contribution in [1.29, 1.82) is 0 Å². The SMILES string of the molecule is Cc1cc(N2CCC(O)(CN(C)C(=O)c3ccnc(C)n3)C2)ncn1. The summed E-state index contributed by atoms with van der Waals surface area (Å²) >= 11 is 0. The second kappa shape index (κ2) is 6.72. The van der Waals surface area contributed by atoms with E-state index in [2.05, 4.69) is 19.9 Å². The van der Waals surface area contributed by atoms with E-state index >= 15 is 0 Å². The number of amides is 1. The maximum absolute atomic E-state index is 12.5. The molecule has 1 atom stereocenters. The predicted octanol–water partition coefficient (Wildman–Crippen LogP) is 0.597. The second-order valence-corrected chi connectivity index (χ2v) is 6.56. The van der Waals surface area contributed by atoms with Gasteiger partial charge in [0.05, 0.1) is 6.54 Å². The molecule has 0 bridgehead atoms. The molecule has 2 aromatic heterocycles. The first-order valence-electron chi connectivity index (χ1n) is 8.17. The minimum absolute atomic E-state index is 0.227. The molecule has 0 aliphatic carbocycles. The molecule has 3 heterocycles. The van der Waals surface area contributed by atoms with Crippen LogP contribution in [-0.2, 0) is 0 Å². The van der Waals surface area contributed by atoms with Crippen molar-refractivity contribution >= 4 is 11.7 Å². The van der Waals surface area contributed by atoms with Crippen LogP contribution in [0.4, 0.5) is 5.82 Å². The quantitative estimate of drug-likeness (QED) is 0.869. The van der Waals surface area contributed by atoms with Gasteiger partial charge >= 0.3 is 0 Å². The highest BCUT2D eigenvalue weighted by atomic mass is 16.3. The Bertz CT molecular complexity index is 783. The third-order valence-electron chi connectivity index (χ3n) is 4.32. The van der Waals surface area contributed by atoms with Gasteiger partial charge < -0.3 is 14.9 Å². The zero-order valence-electron chi connectivity index (χ0n) is 14.7. The van der Waals surface area contributed by atoms with Crippen LogP contribution >= 0.6 is 0 Å². The third-order valence-corrected chi connectivity index (χ3v) is 4.32. The molecule has 2 aromatic rings. The fraction of sp³-hybridized carbons (Fsp3) is 0.471. The highest BCUT2D eigenvalue weighted by molar-refractivity contribution is 5.92. The van der Waals surface area contributed by atoms with Gasteiger partial charge in [-0.15, -0.1) is 0 Å². The van der Waals surface area contributed by atoms with E-state index in [1.807, 2.05) is 17.9 Å². The molecule has 1 amide bonds. The molecule has 8 heteroatoms. The number of hydrogen-bond donors (Lipinski definition) is 1. The van der Waals surface area contributed by atoms with E-state index in [1.165, 1.54) is 11.2 Å². The van der Waals surface area contributed by atoms with Crippen molar-refractivity contribution in [3.63, 3.8) is 0 Å². The van der Waals surface area contributed by atoms with Crippen molar-refractivity contribution in [2.75, 3.05) is 31.6 Å². The number of carbonyl (C=O) groups excluding carboxylic acids is 1. The smallest absolute Gasteiger partial charge is 0.272 e. The lowest BCUT2D eigenvalue weighted by molar-refractivity contribution is 0.0261. The Kier molecular flexibility index (Phi) is 4.63. The van der Waals surface area contributed by atoms with Crippen molar-refractivity contribution in [1.82, 2.24) is 24.8 Å². The number of carbonyl (C=O) groups is 1. The number of aliphatic hydroxyl groups is 1. The van der Waals surface area contributed by atoms with Crippen molar-refractivity contribution < 1.29 is 9.90 Å². The molecule has 132 valence electrons. The first-order valence-corrected chi connectivity index (χ1v) is 8.17. The number of β-amino-alcohol motifs (C(OH)–C–C–N with tert-alkyl or cyclic N) is 1. The van der Waals surface area contributed by atoms with Gasteiger partial charge in [0.2, 0.25) is 0 Å². The first kappa shape index (κ1) is 17.2. The molecule has 0 radical (unpaired) electrons. The second-order valence-electron chi connectivity index (χ2n) is 6.56. The van der Waals surface area contributed by atoms with Crippen molar-refractivity contribution in [3.05, 3.63) is 41.9 Å². The van der Waals surface area contributed by atoms with E-state index in [0.29, 0.717) is 31.0 Å². The number of likely N-dealkylation sites (N-methyl/N-ethyl adjacent to an activating group) is 1. The van der Waals surface area contributed by atoms with Crippen molar-refractivity contribution in [2.45, 2.75) is 25.9 Å². The number of aryl methyl sites for hydroxylation is 2. The summed E-state index contributed by atoms with van der Waals surface area (Å²) in [5, 5.41) is 10.9. The Hall–Kier alpha value is -2.61. The normalized spacial score (nSPS) is 19.9. The molecule has 1 aliphatic heterocycles. The molecule has 0 saturated carbocycles. The van der Waals surface area contributed by atoms with Crippen LogP contribution < -0.4 is 4.90 Å². The summed E-state index contributed by atoms with van der Waals surface area (Å²) in [4.78, 5) is 32.6. The molecule has 1 fully saturated rings. The van der Waals surface area contributed by atoms with Crippen LogP contribution in [0.2, 0.25) is 0 Å². The van der Waals surface area contributed by atoms with E-state index in [-0.39, 0.29) is 12.5 Å². The van der Waals surface area contributed by atoms with Crippen LogP contribution in [0.3, 0.4) is 0 Å². The van der Waals surface area contributed by atoms with Crippen LogP contribution in [0.15, 0.2) is 24.7 Å². The van der Waals surface area contributed by atoms with Gasteiger partial charge in [0, 0.05) is 38.1 Å². The van der Waals surface area contributed by atoms with Crippen molar-refractivity contribution in [3.8, 4) is 0 Å². The zero-order valence-corrected chi connectivity index (χ0v) is 14.7. The lowest BCUT2D eigenvalue weighted by atomic mass is 10.0. The van der Waals surface area contributed by atoms with Crippen molar-refractivity contribution in [2.24, 2.45) is 0 Å². The Balaban J connectivity index is 1.67. The molecule has 1 N–H and O–H groups in total. The Morgan fingerprint density at radius 1 is 1.36 bits per heavy atom. The maximum Gasteiger partial charge on any atom is 0.272 e. The van der Waals surface area contributed by atoms with Gasteiger partial charge in [-0.3, -0.25) is 4.79 Å². The molecule has 1 saturated heterocycles. The summed E-state index contributed by atoms with van der Waals surface area (Å²) in [5.74, 6) is 1.11. The lowest BCUT2D eigenvalue weighted by Gasteiger charge is -2.29. The molecule has 1 aliphatic rings. The number of rotatable bonds is 4. The summed E-state index contributed by atoms with van der Waals surface area (Å²) in [6.07, 6.45) is 3.65. The average molecular weight is 342 g/mol. The van der Waals surface area contributed by atoms with Crippen LogP contribution in [0.5, 0.6) is 0 Å². The van der Waals surface area contributed by atoms with Gasteiger partial charge in [0.25, 0.3) is 5.91 Å². The molecule has 8 nitrogen and oxygen atoms in total. The summed E-state index contributed by atoms with van der Waals surface area (Å²) in [7, 11) is 1.68. The van der Waals surface area contributed by atoms with Crippen LogP contribution in [0, 0.1) is 13.8 Å². The van der Waals surface area contributed by atoms with Gasteiger partial charge in [-0.05, 0) is 26.3 Å². The molecular weight excluding hydrogens is 320 g/mol. The number of anilines is 1. The topological polar surface area (TPSA) is 95.3 Å². The standard InChI is InChI=1S/C17H22N6O2/c1-12-8-15(20-11-19-12)23-7-5-17(25,10-23)9-22(3)16(24)14-4-6-18-13(2)21-14/h4,6,8,11,25H,5,7,9-10H2,1-3H3.